The molecular formula is C19H18N2O2. The molecule has 4 nitrogen and oxygen atoms in total. The van der Waals surface area contributed by atoms with Gasteiger partial charge in [-0.2, -0.15) is 0 Å². The van der Waals surface area contributed by atoms with Crippen LogP contribution in [0.2, 0.25) is 0 Å². The Kier molecular flexibility index (Phi) is 4.24. The van der Waals surface area contributed by atoms with E-state index in [1.807, 2.05) is 43.3 Å². The first-order valence-electron chi connectivity index (χ1n) is 7.45. The molecular weight excluding hydrogens is 288 g/mol. The standard InChI is InChI=1S/C19H18N2O2/c1-13-10-15(17-8-3-4-9-18(17)21-13)12-20-19(22)14-6-5-7-16(11-14)23-2/h3-11H,12H2,1-2H3,(H,20,22). The minimum atomic E-state index is -0.123. The average Bonchev–Trinajstić information content (AvgIpc) is 2.59. The van der Waals surface area contributed by atoms with E-state index in [0.29, 0.717) is 17.9 Å². The number of aromatic nitrogens is 1. The number of nitrogens with zero attached hydrogens (tertiary/aromatic N) is 1. The second kappa shape index (κ2) is 6.48. The van der Waals surface area contributed by atoms with Crippen LogP contribution < -0.4 is 10.1 Å². The highest BCUT2D eigenvalue weighted by molar-refractivity contribution is 5.94. The second-order valence-electron chi connectivity index (χ2n) is 5.35. The molecule has 0 atom stereocenters. The molecule has 0 bridgehead atoms. The Morgan fingerprint density at radius 3 is 2.78 bits per heavy atom. The van der Waals surface area contributed by atoms with Gasteiger partial charge in [0, 0.05) is 23.2 Å². The molecule has 0 aliphatic rings. The van der Waals surface area contributed by atoms with Crippen LogP contribution >= 0.6 is 0 Å². The molecule has 3 rings (SSSR count). The van der Waals surface area contributed by atoms with Crippen LogP contribution in [0, 0.1) is 6.92 Å². The van der Waals surface area contributed by atoms with Crippen molar-refractivity contribution in [3.8, 4) is 5.75 Å². The smallest absolute Gasteiger partial charge is 0.251 e. The number of carbonyl (C=O) groups excluding carboxylic acids is 1. The topological polar surface area (TPSA) is 51.2 Å². The van der Waals surface area contributed by atoms with Gasteiger partial charge in [-0.3, -0.25) is 9.78 Å². The number of ether oxygens (including phenoxy) is 1. The first-order chi connectivity index (χ1) is 11.2. The number of carbonyl (C=O) groups is 1. The fraction of sp³-hybridized carbons (Fsp3) is 0.158. The van der Waals surface area contributed by atoms with Crippen molar-refractivity contribution >= 4 is 16.8 Å². The molecule has 1 N–H and O–H groups in total. The SMILES string of the molecule is COc1cccc(C(=O)NCc2cc(C)nc3ccccc23)c1. The molecule has 3 aromatic rings. The molecule has 1 heterocycles. The molecule has 0 radical (unpaired) electrons. The molecule has 23 heavy (non-hydrogen) atoms. The minimum absolute atomic E-state index is 0.123. The summed E-state index contributed by atoms with van der Waals surface area (Å²) < 4.78 is 5.15. The first kappa shape index (κ1) is 15.0. The Balaban J connectivity index is 1.81. The van der Waals surface area contributed by atoms with E-state index in [4.69, 9.17) is 4.74 Å². The number of pyridine rings is 1. The molecule has 2 aromatic carbocycles. The summed E-state index contributed by atoms with van der Waals surface area (Å²) in [5.74, 6) is 0.547. The highest BCUT2D eigenvalue weighted by Gasteiger charge is 2.08. The van der Waals surface area contributed by atoms with E-state index in [2.05, 4.69) is 10.3 Å². The summed E-state index contributed by atoms with van der Waals surface area (Å²) in [7, 11) is 1.59. The second-order valence-corrected chi connectivity index (χ2v) is 5.35. The molecule has 0 unspecified atom stereocenters. The van der Waals surface area contributed by atoms with Gasteiger partial charge in [0.1, 0.15) is 5.75 Å². The van der Waals surface area contributed by atoms with Crippen molar-refractivity contribution in [3.63, 3.8) is 0 Å². The van der Waals surface area contributed by atoms with E-state index in [1.54, 1.807) is 25.3 Å². The number of benzene rings is 2. The first-order valence-corrected chi connectivity index (χ1v) is 7.45. The van der Waals surface area contributed by atoms with E-state index >= 15 is 0 Å². The van der Waals surface area contributed by atoms with Gasteiger partial charge in [0.15, 0.2) is 0 Å². The number of methoxy groups -OCH3 is 1. The normalized spacial score (nSPS) is 10.5. The van der Waals surface area contributed by atoms with Crippen molar-refractivity contribution in [2.45, 2.75) is 13.5 Å². The van der Waals surface area contributed by atoms with Gasteiger partial charge in [0.25, 0.3) is 5.91 Å². The molecule has 0 fully saturated rings. The van der Waals surface area contributed by atoms with Crippen molar-refractivity contribution in [1.82, 2.24) is 10.3 Å². The van der Waals surface area contributed by atoms with E-state index in [-0.39, 0.29) is 5.91 Å². The van der Waals surface area contributed by atoms with Gasteiger partial charge < -0.3 is 10.1 Å². The number of aryl methyl sites for hydroxylation is 1. The van der Waals surface area contributed by atoms with Crippen molar-refractivity contribution < 1.29 is 9.53 Å². The van der Waals surface area contributed by atoms with Crippen LogP contribution in [-0.4, -0.2) is 18.0 Å². The lowest BCUT2D eigenvalue weighted by Gasteiger charge is -2.10. The van der Waals surface area contributed by atoms with Crippen LogP contribution in [0.25, 0.3) is 10.9 Å². The quantitative estimate of drug-likeness (QED) is 0.803. The van der Waals surface area contributed by atoms with Gasteiger partial charge in [0.2, 0.25) is 0 Å². The van der Waals surface area contributed by atoms with Gasteiger partial charge in [-0.15, -0.1) is 0 Å². The lowest BCUT2D eigenvalue weighted by atomic mass is 10.1. The molecule has 0 aliphatic heterocycles. The summed E-state index contributed by atoms with van der Waals surface area (Å²) in [6.45, 7) is 2.42. The predicted molar refractivity (Wildman–Crippen MR) is 90.6 cm³/mol. The van der Waals surface area contributed by atoms with Crippen molar-refractivity contribution in [2.75, 3.05) is 7.11 Å². The number of fused-ring (bicyclic) bond motifs is 1. The Hall–Kier alpha value is -2.88. The highest BCUT2D eigenvalue weighted by atomic mass is 16.5. The summed E-state index contributed by atoms with van der Waals surface area (Å²) in [6.07, 6.45) is 0. The summed E-state index contributed by atoms with van der Waals surface area (Å²) in [5, 5.41) is 4.02. The zero-order valence-corrected chi connectivity index (χ0v) is 13.2. The van der Waals surface area contributed by atoms with Gasteiger partial charge >= 0.3 is 0 Å². The van der Waals surface area contributed by atoms with Gasteiger partial charge in [-0.05, 0) is 42.8 Å². The summed E-state index contributed by atoms with van der Waals surface area (Å²) >= 11 is 0. The third kappa shape index (κ3) is 3.31. The van der Waals surface area contributed by atoms with Crippen LogP contribution in [0.5, 0.6) is 5.75 Å². The Bertz CT molecular complexity index is 859. The largest absolute Gasteiger partial charge is 0.497 e. The maximum absolute atomic E-state index is 12.3. The highest BCUT2D eigenvalue weighted by Crippen LogP contribution is 2.18. The summed E-state index contributed by atoms with van der Waals surface area (Å²) in [5.41, 5.74) is 3.52. The Morgan fingerprint density at radius 2 is 1.96 bits per heavy atom. The van der Waals surface area contributed by atoms with Crippen molar-refractivity contribution in [1.29, 1.82) is 0 Å². The number of hydrogen-bond acceptors (Lipinski definition) is 3. The summed E-state index contributed by atoms with van der Waals surface area (Å²) in [6, 6.07) is 17.1. The average molecular weight is 306 g/mol. The lowest BCUT2D eigenvalue weighted by molar-refractivity contribution is 0.0950. The number of hydrogen-bond donors (Lipinski definition) is 1. The number of nitrogens with one attached hydrogen (secondary N) is 1. The van der Waals surface area contributed by atoms with Gasteiger partial charge in [-0.1, -0.05) is 24.3 Å². The van der Waals surface area contributed by atoms with Crippen LogP contribution in [0.1, 0.15) is 21.6 Å². The van der Waals surface area contributed by atoms with Crippen LogP contribution in [0.3, 0.4) is 0 Å². The predicted octanol–water partition coefficient (Wildman–Crippen LogP) is 3.48. The maximum Gasteiger partial charge on any atom is 0.251 e. The van der Waals surface area contributed by atoms with Crippen LogP contribution in [0.15, 0.2) is 54.6 Å². The molecule has 1 amide bonds. The molecule has 0 spiro atoms. The minimum Gasteiger partial charge on any atom is -0.497 e. The number of para-hydroxylation sites is 1. The van der Waals surface area contributed by atoms with E-state index in [0.717, 1.165) is 22.2 Å². The molecule has 1 aromatic heterocycles. The van der Waals surface area contributed by atoms with Gasteiger partial charge in [0.05, 0.1) is 12.6 Å². The monoisotopic (exact) mass is 306 g/mol. The summed E-state index contributed by atoms with van der Waals surface area (Å²) in [4.78, 5) is 16.8. The van der Waals surface area contributed by atoms with E-state index < -0.39 is 0 Å². The van der Waals surface area contributed by atoms with E-state index in [9.17, 15) is 4.79 Å². The molecule has 116 valence electrons. The Labute approximate surface area is 135 Å². The fourth-order valence-corrected chi connectivity index (χ4v) is 2.58. The van der Waals surface area contributed by atoms with Crippen molar-refractivity contribution in [2.24, 2.45) is 0 Å². The third-order valence-electron chi connectivity index (χ3n) is 3.70. The van der Waals surface area contributed by atoms with Crippen molar-refractivity contribution in [3.05, 3.63) is 71.4 Å². The Morgan fingerprint density at radius 1 is 1.13 bits per heavy atom. The molecule has 0 aliphatic carbocycles. The molecule has 0 saturated heterocycles. The number of amides is 1. The molecule has 4 heteroatoms. The maximum atomic E-state index is 12.3. The van der Waals surface area contributed by atoms with Crippen LogP contribution in [0.4, 0.5) is 0 Å². The fourth-order valence-electron chi connectivity index (χ4n) is 2.58. The lowest BCUT2D eigenvalue weighted by Crippen LogP contribution is -2.23. The third-order valence-corrected chi connectivity index (χ3v) is 3.70. The zero-order chi connectivity index (χ0) is 16.2. The van der Waals surface area contributed by atoms with E-state index in [1.165, 1.54) is 0 Å². The number of rotatable bonds is 4. The van der Waals surface area contributed by atoms with Crippen LogP contribution in [-0.2, 0) is 6.54 Å². The zero-order valence-electron chi connectivity index (χ0n) is 13.2. The van der Waals surface area contributed by atoms with Gasteiger partial charge in [-0.25, -0.2) is 0 Å². The molecule has 0 saturated carbocycles.